The van der Waals surface area contributed by atoms with Crippen LogP contribution in [0.25, 0.3) is 0 Å². The van der Waals surface area contributed by atoms with Crippen molar-refractivity contribution in [3.63, 3.8) is 0 Å². The molecule has 0 aromatic carbocycles. The molecule has 1 aliphatic rings. The molecule has 0 aromatic heterocycles. The van der Waals surface area contributed by atoms with Crippen LogP contribution in [0.1, 0.15) is 25.7 Å². The molecule has 1 fully saturated rings. The normalized spacial score (nSPS) is 31.7. The quantitative estimate of drug-likeness (QED) is 0.624. The van der Waals surface area contributed by atoms with Crippen molar-refractivity contribution in [3.05, 3.63) is 0 Å². The monoisotopic (exact) mass is 157 g/mol. The van der Waals surface area contributed by atoms with Gasteiger partial charge in [-0.15, -0.1) is 0 Å². The van der Waals surface area contributed by atoms with Crippen molar-refractivity contribution in [3.8, 4) is 0 Å². The molecule has 0 bridgehead atoms. The molecule has 0 saturated heterocycles. The van der Waals surface area contributed by atoms with Crippen molar-refractivity contribution in [1.82, 2.24) is 5.32 Å². The maximum Gasteiger partial charge on any atom is 0.308 e. The van der Waals surface area contributed by atoms with Gasteiger partial charge in [-0.05, 0) is 19.9 Å². The van der Waals surface area contributed by atoms with Crippen LogP contribution in [0.3, 0.4) is 0 Å². The molecule has 1 saturated carbocycles. The number of hydrogen-bond acceptors (Lipinski definition) is 2. The summed E-state index contributed by atoms with van der Waals surface area (Å²) in [4.78, 5) is 10.7. The molecular formula is C8H15NO2. The van der Waals surface area contributed by atoms with Crippen LogP contribution in [-0.2, 0) is 4.79 Å². The average molecular weight is 157 g/mol. The van der Waals surface area contributed by atoms with Crippen molar-refractivity contribution < 1.29 is 9.90 Å². The summed E-state index contributed by atoms with van der Waals surface area (Å²) in [7, 11) is 1.84. The molecule has 1 aliphatic carbocycles. The molecule has 2 N–H and O–H groups in total. The van der Waals surface area contributed by atoms with Crippen LogP contribution in [0.5, 0.6) is 0 Å². The first-order valence-corrected chi connectivity index (χ1v) is 4.15. The van der Waals surface area contributed by atoms with Crippen LogP contribution in [0.2, 0.25) is 0 Å². The van der Waals surface area contributed by atoms with E-state index in [1.165, 1.54) is 0 Å². The van der Waals surface area contributed by atoms with Crippen LogP contribution in [-0.4, -0.2) is 24.2 Å². The summed E-state index contributed by atoms with van der Waals surface area (Å²) in [6.07, 6.45) is 4.07. The summed E-state index contributed by atoms with van der Waals surface area (Å²) in [5.74, 6) is -0.808. The number of nitrogens with one attached hydrogen (secondary N) is 1. The molecule has 2 atom stereocenters. The smallest absolute Gasteiger partial charge is 0.308 e. The molecular weight excluding hydrogens is 142 g/mol. The Hall–Kier alpha value is -0.570. The topological polar surface area (TPSA) is 49.3 Å². The standard InChI is InChI=1S/C8H15NO2/c1-9-7-5-3-2-4-6(7)8(10)11/h6-7,9H,2-5H2,1H3,(H,10,11)/t6-,7+/m0/s1. The minimum Gasteiger partial charge on any atom is -0.481 e. The maximum absolute atomic E-state index is 10.7. The molecule has 64 valence electrons. The fourth-order valence-electron chi connectivity index (χ4n) is 1.77. The van der Waals surface area contributed by atoms with Crippen molar-refractivity contribution in [2.45, 2.75) is 31.7 Å². The molecule has 0 radical (unpaired) electrons. The Balaban J connectivity index is 2.51. The maximum atomic E-state index is 10.7. The second-order valence-corrected chi connectivity index (χ2v) is 3.12. The van der Waals surface area contributed by atoms with Crippen molar-refractivity contribution in [1.29, 1.82) is 0 Å². The average Bonchev–Trinajstić information content (AvgIpc) is 2.04. The Morgan fingerprint density at radius 3 is 2.55 bits per heavy atom. The molecule has 0 spiro atoms. The van der Waals surface area contributed by atoms with Crippen molar-refractivity contribution >= 4 is 5.97 Å². The lowest BCUT2D eigenvalue weighted by molar-refractivity contribution is -0.143. The molecule has 11 heavy (non-hydrogen) atoms. The highest BCUT2D eigenvalue weighted by Gasteiger charge is 2.29. The summed E-state index contributed by atoms with van der Waals surface area (Å²) >= 11 is 0. The molecule has 3 nitrogen and oxygen atoms in total. The van der Waals surface area contributed by atoms with E-state index < -0.39 is 5.97 Å². The first-order valence-electron chi connectivity index (χ1n) is 4.15. The van der Waals surface area contributed by atoms with E-state index in [4.69, 9.17) is 5.11 Å². The highest BCUT2D eigenvalue weighted by molar-refractivity contribution is 5.71. The van der Waals surface area contributed by atoms with Crippen LogP contribution >= 0.6 is 0 Å². The molecule has 0 heterocycles. The minimum absolute atomic E-state index is 0.159. The number of hydrogen-bond donors (Lipinski definition) is 2. The van der Waals surface area contributed by atoms with E-state index in [9.17, 15) is 4.79 Å². The zero-order chi connectivity index (χ0) is 8.27. The van der Waals surface area contributed by atoms with E-state index in [0.29, 0.717) is 0 Å². The van der Waals surface area contributed by atoms with Gasteiger partial charge in [0.1, 0.15) is 0 Å². The Bertz CT molecular complexity index is 147. The number of carboxylic acids is 1. The number of aliphatic carboxylic acids is 1. The summed E-state index contributed by atoms with van der Waals surface area (Å²) in [6, 6.07) is 0.196. The van der Waals surface area contributed by atoms with Gasteiger partial charge in [0.2, 0.25) is 0 Å². The van der Waals surface area contributed by atoms with E-state index in [-0.39, 0.29) is 12.0 Å². The number of carboxylic acid groups (broad SMARTS) is 1. The van der Waals surface area contributed by atoms with Crippen LogP contribution in [0, 0.1) is 5.92 Å². The lowest BCUT2D eigenvalue weighted by Gasteiger charge is -2.27. The van der Waals surface area contributed by atoms with Gasteiger partial charge in [-0.3, -0.25) is 4.79 Å². The van der Waals surface area contributed by atoms with Gasteiger partial charge in [0.05, 0.1) is 5.92 Å². The lowest BCUT2D eigenvalue weighted by atomic mass is 9.85. The van der Waals surface area contributed by atoms with Gasteiger partial charge in [-0.2, -0.15) is 0 Å². The van der Waals surface area contributed by atoms with E-state index in [2.05, 4.69) is 5.32 Å². The Morgan fingerprint density at radius 2 is 2.09 bits per heavy atom. The third-order valence-corrected chi connectivity index (χ3v) is 2.45. The van der Waals surface area contributed by atoms with E-state index in [0.717, 1.165) is 25.7 Å². The van der Waals surface area contributed by atoms with E-state index in [1.807, 2.05) is 7.05 Å². The predicted molar refractivity (Wildman–Crippen MR) is 42.4 cm³/mol. The zero-order valence-corrected chi connectivity index (χ0v) is 6.84. The van der Waals surface area contributed by atoms with Gasteiger partial charge in [0, 0.05) is 6.04 Å². The predicted octanol–water partition coefficient (Wildman–Crippen LogP) is 0.849. The molecule has 0 aromatic rings. The fourth-order valence-corrected chi connectivity index (χ4v) is 1.77. The van der Waals surface area contributed by atoms with Gasteiger partial charge in [0.25, 0.3) is 0 Å². The Kier molecular flexibility index (Phi) is 2.88. The Labute approximate surface area is 66.8 Å². The molecule has 0 unspecified atom stereocenters. The van der Waals surface area contributed by atoms with E-state index >= 15 is 0 Å². The van der Waals surface area contributed by atoms with Crippen LogP contribution in [0.15, 0.2) is 0 Å². The van der Waals surface area contributed by atoms with Gasteiger partial charge >= 0.3 is 5.97 Å². The summed E-state index contributed by atoms with van der Waals surface area (Å²) in [5.41, 5.74) is 0. The van der Waals surface area contributed by atoms with Crippen molar-refractivity contribution in [2.24, 2.45) is 5.92 Å². The third-order valence-electron chi connectivity index (χ3n) is 2.45. The van der Waals surface area contributed by atoms with Crippen molar-refractivity contribution in [2.75, 3.05) is 7.05 Å². The Morgan fingerprint density at radius 1 is 1.45 bits per heavy atom. The number of rotatable bonds is 2. The molecule has 0 aliphatic heterocycles. The first-order chi connectivity index (χ1) is 5.25. The second-order valence-electron chi connectivity index (χ2n) is 3.12. The van der Waals surface area contributed by atoms with Gasteiger partial charge in [-0.1, -0.05) is 12.8 Å². The van der Waals surface area contributed by atoms with Crippen LogP contribution < -0.4 is 5.32 Å². The highest BCUT2D eigenvalue weighted by Crippen LogP contribution is 2.23. The molecule has 3 heteroatoms. The molecule has 0 amide bonds. The molecule has 1 rings (SSSR count). The first kappa shape index (κ1) is 8.53. The summed E-state index contributed by atoms with van der Waals surface area (Å²) in [5, 5.41) is 11.9. The lowest BCUT2D eigenvalue weighted by Crippen LogP contribution is -2.40. The number of carbonyl (C=O) groups is 1. The minimum atomic E-state index is -0.649. The summed E-state index contributed by atoms with van der Waals surface area (Å²) < 4.78 is 0. The summed E-state index contributed by atoms with van der Waals surface area (Å²) in [6.45, 7) is 0. The van der Waals surface area contributed by atoms with Gasteiger partial charge < -0.3 is 10.4 Å². The fraction of sp³-hybridized carbons (Fsp3) is 0.875. The largest absolute Gasteiger partial charge is 0.481 e. The van der Waals surface area contributed by atoms with Gasteiger partial charge in [0.15, 0.2) is 0 Å². The van der Waals surface area contributed by atoms with Crippen LogP contribution in [0.4, 0.5) is 0 Å². The second kappa shape index (κ2) is 3.72. The van der Waals surface area contributed by atoms with Gasteiger partial charge in [-0.25, -0.2) is 0 Å². The zero-order valence-electron chi connectivity index (χ0n) is 6.84. The van der Waals surface area contributed by atoms with E-state index in [1.54, 1.807) is 0 Å². The SMILES string of the molecule is CN[C@@H]1CCCC[C@@H]1C(=O)O. The highest BCUT2D eigenvalue weighted by atomic mass is 16.4. The third kappa shape index (κ3) is 1.93.